The molecule has 0 bridgehead atoms. The summed E-state index contributed by atoms with van der Waals surface area (Å²) in [5.74, 6) is -1.05. The number of nitro benzene ring substituents is 1. The minimum Gasteiger partial charge on any atom is -0.493 e. The Balaban J connectivity index is 2.26. The van der Waals surface area contributed by atoms with Gasteiger partial charge in [-0.15, -0.1) is 11.3 Å². The molecule has 0 saturated carbocycles. The Labute approximate surface area is 159 Å². The predicted octanol–water partition coefficient (Wildman–Crippen LogP) is 3.72. The molecule has 0 saturated heterocycles. The number of carbonyl (C=O) groups is 2. The highest BCUT2D eigenvalue weighted by Crippen LogP contribution is 2.35. The predicted molar refractivity (Wildman–Crippen MR) is 99.2 cm³/mol. The van der Waals surface area contributed by atoms with E-state index >= 15 is 0 Å². The summed E-state index contributed by atoms with van der Waals surface area (Å²) in [5, 5.41) is 11.3. The van der Waals surface area contributed by atoms with E-state index in [1.807, 2.05) is 6.92 Å². The zero-order valence-electron chi connectivity index (χ0n) is 15.4. The number of carbonyl (C=O) groups excluding carboxylic acids is 2. The number of ketones is 1. The molecule has 0 fully saturated rings. The highest BCUT2D eigenvalue weighted by molar-refractivity contribution is 7.12. The first kappa shape index (κ1) is 20.4. The second kappa shape index (κ2) is 8.63. The Bertz CT molecular complexity index is 888. The van der Waals surface area contributed by atoms with Gasteiger partial charge in [-0.3, -0.25) is 14.9 Å². The lowest BCUT2D eigenvalue weighted by Gasteiger charge is -2.11. The van der Waals surface area contributed by atoms with Crippen molar-refractivity contribution in [3.8, 4) is 11.5 Å². The molecule has 0 N–H and O–H groups in total. The van der Waals surface area contributed by atoms with E-state index in [4.69, 9.17) is 14.2 Å². The third kappa shape index (κ3) is 4.62. The number of aryl methyl sites for hydroxylation is 2. The minimum absolute atomic E-state index is 0.126. The van der Waals surface area contributed by atoms with Crippen LogP contribution < -0.4 is 9.47 Å². The maximum absolute atomic E-state index is 12.4. The molecule has 8 nitrogen and oxygen atoms in total. The molecule has 0 aliphatic heterocycles. The van der Waals surface area contributed by atoms with E-state index in [0.29, 0.717) is 5.56 Å². The SMILES string of the molecule is CCOc1cc(C(=O)OCC(=O)c2cc(C)sc2C)c([N+](=O)[O-])cc1OC. The van der Waals surface area contributed by atoms with Crippen LogP contribution in [0.1, 0.15) is 37.4 Å². The van der Waals surface area contributed by atoms with Crippen molar-refractivity contribution in [2.75, 3.05) is 20.3 Å². The quantitative estimate of drug-likeness (QED) is 0.291. The second-order valence-electron chi connectivity index (χ2n) is 5.54. The molecule has 0 radical (unpaired) electrons. The first-order chi connectivity index (χ1) is 12.8. The van der Waals surface area contributed by atoms with Gasteiger partial charge in [0.2, 0.25) is 5.78 Å². The fraction of sp³-hybridized carbons (Fsp3) is 0.333. The Kier molecular flexibility index (Phi) is 6.51. The first-order valence-corrected chi connectivity index (χ1v) is 8.86. The summed E-state index contributed by atoms with van der Waals surface area (Å²) in [5.41, 5.74) is -0.324. The van der Waals surface area contributed by atoms with Gasteiger partial charge in [-0.2, -0.15) is 0 Å². The smallest absolute Gasteiger partial charge is 0.345 e. The van der Waals surface area contributed by atoms with Crippen LogP contribution >= 0.6 is 11.3 Å². The Hall–Kier alpha value is -2.94. The summed E-state index contributed by atoms with van der Waals surface area (Å²) < 4.78 is 15.4. The highest BCUT2D eigenvalue weighted by Gasteiger charge is 2.26. The lowest BCUT2D eigenvalue weighted by molar-refractivity contribution is -0.385. The van der Waals surface area contributed by atoms with E-state index in [0.717, 1.165) is 15.8 Å². The second-order valence-corrected chi connectivity index (χ2v) is 7.00. The van der Waals surface area contributed by atoms with Gasteiger partial charge in [0.15, 0.2) is 18.1 Å². The average Bonchev–Trinajstić information content (AvgIpc) is 2.97. The molecule has 144 valence electrons. The number of nitro groups is 1. The summed E-state index contributed by atoms with van der Waals surface area (Å²) >= 11 is 1.46. The van der Waals surface area contributed by atoms with Crippen LogP contribution in [0.15, 0.2) is 18.2 Å². The van der Waals surface area contributed by atoms with Crippen LogP contribution in [0.25, 0.3) is 0 Å². The zero-order chi connectivity index (χ0) is 20.1. The lowest BCUT2D eigenvalue weighted by Crippen LogP contribution is -2.16. The first-order valence-electron chi connectivity index (χ1n) is 8.05. The van der Waals surface area contributed by atoms with Crippen LogP contribution in [0.5, 0.6) is 11.5 Å². The number of hydrogen-bond donors (Lipinski definition) is 0. The van der Waals surface area contributed by atoms with Crippen LogP contribution in [0.2, 0.25) is 0 Å². The van der Waals surface area contributed by atoms with Crippen LogP contribution in [0, 0.1) is 24.0 Å². The van der Waals surface area contributed by atoms with Crippen molar-refractivity contribution in [2.24, 2.45) is 0 Å². The number of nitrogens with zero attached hydrogens (tertiary/aromatic N) is 1. The van der Waals surface area contributed by atoms with Crippen molar-refractivity contribution in [2.45, 2.75) is 20.8 Å². The van der Waals surface area contributed by atoms with Crippen molar-refractivity contribution in [3.63, 3.8) is 0 Å². The molecule has 2 rings (SSSR count). The molecule has 1 heterocycles. The van der Waals surface area contributed by atoms with Crippen molar-refractivity contribution in [1.29, 1.82) is 0 Å². The number of methoxy groups -OCH3 is 1. The van der Waals surface area contributed by atoms with Gasteiger partial charge in [0.05, 0.1) is 24.7 Å². The topological polar surface area (TPSA) is 105 Å². The molecule has 27 heavy (non-hydrogen) atoms. The van der Waals surface area contributed by atoms with Gasteiger partial charge < -0.3 is 14.2 Å². The number of thiophene rings is 1. The number of ether oxygens (including phenoxy) is 3. The fourth-order valence-corrected chi connectivity index (χ4v) is 3.43. The van der Waals surface area contributed by atoms with E-state index in [9.17, 15) is 19.7 Å². The molecule has 1 aromatic heterocycles. The van der Waals surface area contributed by atoms with Crippen molar-refractivity contribution in [1.82, 2.24) is 0 Å². The summed E-state index contributed by atoms with van der Waals surface area (Å²) in [6.45, 7) is 5.16. The Morgan fingerprint density at radius 2 is 1.85 bits per heavy atom. The molecule has 1 aromatic carbocycles. The summed E-state index contributed by atoms with van der Waals surface area (Å²) in [4.78, 5) is 37.0. The van der Waals surface area contributed by atoms with Crippen molar-refractivity contribution >= 4 is 28.8 Å². The number of benzene rings is 1. The normalized spacial score (nSPS) is 10.4. The van der Waals surface area contributed by atoms with Crippen molar-refractivity contribution < 1.29 is 28.7 Å². The molecule has 0 spiro atoms. The van der Waals surface area contributed by atoms with E-state index in [1.165, 1.54) is 24.5 Å². The van der Waals surface area contributed by atoms with E-state index < -0.39 is 23.2 Å². The highest BCUT2D eigenvalue weighted by atomic mass is 32.1. The summed E-state index contributed by atoms with van der Waals surface area (Å²) in [6, 6.07) is 4.00. The number of Topliss-reactive ketones (excluding diaryl/α,β-unsaturated/α-hetero) is 1. The van der Waals surface area contributed by atoms with Gasteiger partial charge in [0, 0.05) is 21.4 Å². The summed E-state index contributed by atoms with van der Waals surface area (Å²) in [7, 11) is 1.34. The standard InChI is InChI=1S/C18H19NO7S/c1-5-25-17-7-13(14(19(22)23)8-16(17)24-4)18(21)26-9-15(20)12-6-10(2)27-11(12)3/h6-8H,5,9H2,1-4H3. The maximum atomic E-state index is 12.4. The zero-order valence-corrected chi connectivity index (χ0v) is 16.2. The minimum atomic E-state index is -0.983. The van der Waals surface area contributed by atoms with Gasteiger partial charge >= 0.3 is 5.97 Å². The monoisotopic (exact) mass is 393 g/mol. The van der Waals surface area contributed by atoms with Gasteiger partial charge in [-0.25, -0.2) is 4.79 Å². The van der Waals surface area contributed by atoms with E-state index in [2.05, 4.69) is 0 Å². The lowest BCUT2D eigenvalue weighted by atomic mass is 10.1. The molecule has 2 aromatic rings. The molecule has 0 aliphatic rings. The van der Waals surface area contributed by atoms with Gasteiger partial charge in [0.1, 0.15) is 5.56 Å². The number of rotatable bonds is 8. The third-order valence-corrected chi connectivity index (χ3v) is 4.64. The van der Waals surface area contributed by atoms with Gasteiger partial charge in [-0.1, -0.05) is 0 Å². The molecule has 0 aliphatic carbocycles. The third-order valence-electron chi connectivity index (χ3n) is 3.67. The van der Waals surface area contributed by atoms with Gasteiger partial charge in [0.25, 0.3) is 5.69 Å². The van der Waals surface area contributed by atoms with Crippen molar-refractivity contribution in [3.05, 3.63) is 49.2 Å². The van der Waals surface area contributed by atoms with Gasteiger partial charge in [-0.05, 0) is 26.8 Å². The molecule has 9 heteroatoms. The van der Waals surface area contributed by atoms with Crippen LogP contribution in [-0.4, -0.2) is 37.0 Å². The van der Waals surface area contributed by atoms with E-state index in [1.54, 1.807) is 19.9 Å². The largest absolute Gasteiger partial charge is 0.493 e. The Morgan fingerprint density at radius 3 is 2.37 bits per heavy atom. The molecule has 0 amide bonds. The molecule has 0 atom stereocenters. The average molecular weight is 393 g/mol. The van der Waals surface area contributed by atoms with Crippen LogP contribution in [0.3, 0.4) is 0 Å². The molecular formula is C18H19NO7S. The number of esters is 1. The molecule has 0 unspecified atom stereocenters. The van der Waals surface area contributed by atoms with Crippen LogP contribution in [0.4, 0.5) is 5.69 Å². The van der Waals surface area contributed by atoms with Crippen LogP contribution in [-0.2, 0) is 4.74 Å². The maximum Gasteiger partial charge on any atom is 0.345 e. The van der Waals surface area contributed by atoms with E-state index in [-0.39, 0.29) is 29.5 Å². The Morgan fingerprint density at radius 1 is 1.15 bits per heavy atom. The summed E-state index contributed by atoms with van der Waals surface area (Å²) in [6.07, 6.45) is 0. The fourth-order valence-electron chi connectivity index (χ4n) is 2.49. The molecular weight excluding hydrogens is 374 g/mol. The number of hydrogen-bond acceptors (Lipinski definition) is 8.